The molecule has 0 unspecified atom stereocenters. The van der Waals surface area contributed by atoms with E-state index in [1.807, 2.05) is 0 Å². The molecule has 0 aliphatic rings. The van der Waals surface area contributed by atoms with Gasteiger partial charge in [0.05, 0.1) is 18.9 Å². The lowest BCUT2D eigenvalue weighted by molar-refractivity contribution is 0.512. The molecule has 6 heteroatoms. The molecule has 5 nitrogen and oxygen atoms in total. The zero-order valence-electron chi connectivity index (χ0n) is 6.10. The minimum Gasteiger partial charge on any atom is -0.447 e. The maximum atomic E-state index is 5.02. The summed E-state index contributed by atoms with van der Waals surface area (Å²) in [5.74, 6) is 0.795. The monoisotopic (exact) mass is 182 g/mol. The van der Waals surface area contributed by atoms with E-state index < -0.39 is 0 Å². The zero-order valence-corrected chi connectivity index (χ0v) is 6.91. The van der Waals surface area contributed by atoms with Gasteiger partial charge in [0, 0.05) is 11.5 Å². The number of nitrogens with one attached hydrogen (secondary N) is 1. The lowest BCUT2D eigenvalue weighted by atomic mass is 10.5. The standard InChI is InChI=1S/C6H6N4OS/c1-5(11-4-7-1)2-8-6-3-9-10-12-6/h1,3-4,8H,2H2. The molecule has 0 radical (unpaired) electrons. The summed E-state index contributed by atoms with van der Waals surface area (Å²) in [7, 11) is 0. The average molecular weight is 182 g/mol. The van der Waals surface area contributed by atoms with Crippen molar-refractivity contribution in [1.29, 1.82) is 0 Å². The zero-order chi connectivity index (χ0) is 8.23. The van der Waals surface area contributed by atoms with E-state index in [4.69, 9.17) is 4.42 Å². The van der Waals surface area contributed by atoms with E-state index in [0.29, 0.717) is 6.54 Å². The maximum Gasteiger partial charge on any atom is 0.180 e. The molecule has 2 rings (SSSR count). The summed E-state index contributed by atoms with van der Waals surface area (Å²) in [4.78, 5) is 3.79. The summed E-state index contributed by atoms with van der Waals surface area (Å²) in [5, 5.41) is 7.69. The van der Waals surface area contributed by atoms with Crippen LogP contribution in [0.15, 0.2) is 23.2 Å². The second kappa shape index (κ2) is 3.31. The molecular weight excluding hydrogens is 176 g/mol. The summed E-state index contributed by atoms with van der Waals surface area (Å²) in [5.41, 5.74) is 0. The fraction of sp³-hybridized carbons (Fsp3) is 0.167. The molecule has 0 aliphatic heterocycles. The average Bonchev–Trinajstić information content (AvgIpc) is 2.74. The summed E-state index contributed by atoms with van der Waals surface area (Å²) in [6.45, 7) is 0.615. The topological polar surface area (TPSA) is 63.8 Å². The molecule has 0 aliphatic carbocycles. The number of hydrogen-bond donors (Lipinski definition) is 1. The lowest BCUT2D eigenvalue weighted by Gasteiger charge is -1.96. The van der Waals surface area contributed by atoms with Crippen LogP contribution >= 0.6 is 11.5 Å². The highest BCUT2D eigenvalue weighted by atomic mass is 32.1. The van der Waals surface area contributed by atoms with Crippen molar-refractivity contribution >= 4 is 16.5 Å². The molecule has 2 aromatic heterocycles. The molecule has 0 amide bonds. The van der Waals surface area contributed by atoms with Crippen molar-refractivity contribution in [3.8, 4) is 0 Å². The van der Waals surface area contributed by atoms with E-state index >= 15 is 0 Å². The van der Waals surface area contributed by atoms with Gasteiger partial charge in [-0.3, -0.25) is 0 Å². The summed E-state index contributed by atoms with van der Waals surface area (Å²) >= 11 is 1.31. The molecule has 0 aromatic carbocycles. The summed E-state index contributed by atoms with van der Waals surface area (Å²) in [6, 6.07) is 0. The van der Waals surface area contributed by atoms with Gasteiger partial charge in [0.25, 0.3) is 0 Å². The highest BCUT2D eigenvalue weighted by Gasteiger charge is 1.97. The van der Waals surface area contributed by atoms with Crippen molar-refractivity contribution in [2.75, 3.05) is 5.32 Å². The van der Waals surface area contributed by atoms with Crippen molar-refractivity contribution in [2.45, 2.75) is 6.54 Å². The van der Waals surface area contributed by atoms with E-state index in [2.05, 4.69) is 19.9 Å². The number of nitrogens with zero attached hydrogens (tertiary/aromatic N) is 3. The number of anilines is 1. The Kier molecular flexibility index (Phi) is 2.00. The predicted octanol–water partition coefficient (Wildman–Crippen LogP) is 1.14. The molecule has 0 bridgehead atoms. The fourth-order valence-corrected chi connectivity index (χ4v) is 1.16. The van der Waals surface area contributed by atoms with Crippen LogP contribution in [0.5, 0.6) is 0 Å². The predicted molar refractivity (Wildman–Crippen MR) is 43.7 cm³/mol. The Bertz CT molecular complexity index is 283. The van der Waals surface area contributed by atoms with E-state index in [9.17, 15) is 0 Å². The largest absolute Gasteiger partial charge is 0.447 e. The van der Waals surface area contributed by atoms with Gasteiger partial charge >= 0.3 is 0 Å². The first-order valence-corrected chi connectivity index (χ1v) is 4.11. The molecule has 12 heavy (non-hydrogen) atoms. The Hall–Kier alpha value is -1.43. The number of rotatable bonds is 3. The van der Waals surface area contributed by atoms with Crippen LogP contribution in [-0.4, -0.2) is 14.6 Å². The summed E-state index contributed by atoms with van der Waals surface area (Å²) < 4.78 is 8.73. The van der Waals surface area contributed by atoms with Crippen molar-refractivity contribution < 1.29 is 4.42 Å². The summed E-state index contributed by atoms with van der Waals surface area (Å²) in [6.07, 6.45) is 4.74. The van der Waals surface area contributed by atoms with E-state index in [1.165, 1.54) is 17.9 Å². The third-order valence-corrected chi connectivity index (χ3v) is 1.90. The highest BCUT2D eigenvalue weighted by molar-refractivity contribution is 7.09. The Morgan fingerprint density at radius 1 is 1.50 bits per heavy atom. The Balaban J connectivity index is 1.91. The highest BCUT2D eigenvalue weighted by Crippen LogP contribution is 2.10. The maximum absolute atomic E-state index is 5.02. The van der Waals surface area contributed by atoms with Gasteiger partial charge in [0.2, 0.25) is 0 Å². The van der Waals surface area contributed by atoms with E-state index in [1.54, 1.807) is 12.4 Å². The van der Waals surface area contributed by atoms with Crippen molar-refractivity contribution in [2.24, 2.45) is 0 Å². The SMILES string of the molecule is c1ncc(CNc2cnns2)o1. The van der Waals surface area contributed by atoms with Crippen molar-refractivity contribution in [1.82, 2.24) is 14.6 Å². The number of aromatic nitrogens is 3. The second-order valence-corrected chi connectivity index (χ2v) is 2.89. The Labute approximate surface area is 72.6 Å². The molecule has 2 heterocycles. The van der Waals surface area contributed by atoms with Gasteiger partial charge in [0.1, 0.15) is 10.8 Å². The lowest BCUT2D eigenvalue weighted by Crippen LogP contribution is -1.95. The number of oxazole rings is 1. The van der Waals surface area contributed by atoms with Crippen LogP contribution in [0.4, 0.5) is 5.00 Å². The van der Waals surface area contributed by atoms with Gasteiger partial charge < -0.3 is 9.73 Å². The molecule has 0 atom stereocenters. The first-order chi connectivity index (χ1) is 5.95. The van der Waals surface area contributed by atoms with Crippen LogP contribution in [0.3, 0.4) is 0 Å². The molecule has 0 spiro atoms. The molecular formula is C6H6N4OS. The van der Waals surface area contributed by atoms with Crippen LogP contribution in [-0.2, 0) is 6.54 Å². The van der Waals surface area contributed by atoms with Gasteiger partial charge in [-0.2, -0.15) is 0 Å². The third-order valence-electron chi connectivity index (χ3n) is 1.28. The molecule has 62 valence electrons. The minimum atomic E-state index is 0.615. The first-order valence-electron chi connectivity index (χ1n) is 3.34. The molecule has 0 saturated carbocycles. The van der Waals surface area contributed by atoms with Crippen LogP contribution in [0.1, 0.15) is 5.76 Å². The second-order valence-electron chi connectivity index (χ2n) is 2.10. The van der Waals surface area contributed by atoms with E-state index in [-0.39, 0.29) is 0 Å². The van der Waals surface area contributed by atoms with Gasteiger partial charge in [-0.1, -0.05) is 4.49 Å². The van der Waals surface area contributed by atoms with Gasteiger partial charge in [0.15, 0.2) is 6.39 Å². The normalized spacial score (nSPS) is 10.0. The van der Waals surface area contributed by atoms with Crippen LogP contribution in [0, 0.1) is 0 Å². The number of hydrogen-bond acceptors (Lipinski definition) is 6. The Morgan fingerprint density at radius 2 is 2.50 bits per heavy atom. The molecule has 1 N–H and O–H groups in total. The molecule has 0 saturated heterocycles. The van der Waals surface area contributed by atoms with Crippen LogP contribution < -0.4 is 5.32 Å². The first kappa shape index (κ1) is 7.23. The van der Waals surface area contributed by atoms with Gasteiger partial charge in [-0.05, 0) is 0 Å². The van der Waals surface area contributed by atoms with Crippen molar-refractivity contribution in [3.63, 3.8) is 0 Å². The Morgan fingerprint density at radius 3 is 3.17 bits per heavy atom. The van der Waals surface area contributed by atoms with Crippen molar-refractivity contribution in [3.05, 3.63) is 24.5 Å². The molecule has 0 fully saturated rings. The third kappa shape index (κ3) is 1.59. The van der Waals surface area contributed by atoms with Crippen LogP contribution in [0.2, 0.25) is 0 Å². The minimum absolute atomic E-state index is 0.615. The smallest absolute Gasteiger partial charge is 0.180 e. The van der Waals surface area contributed by atoms with Gasteiger partial charge in [-0.15, -0.1) is 5.10 Å². The van der Waals surface area contributed by atoms with Gasteiger partial charge in [-0.25, -0.2) is 4.98 Å². The quantitative estimate of drug-likeness (QED) is 0.771. The van der Waals surface area contributed by atoms with Crippen LogP contribution in [0.25, 0.3) is 0 Å². The van der Waals surface area contributed by atoms with E-state index in [0.717, 1.165) is 10.8 Å². The fourth-order valence-electron chi connectivity index (χ4n) is 0.749. The molecule has 2 aromatic rings.